The topological polar surface area (TPSA) is 90.8 Å². The van der Waals surface area contributed by atoms with Crippen LogP contribution >= 0.6 is 0 Å². The Bertz CT molecular complexity index is 577. The first-order valence-corrected chi connectivity index (χ1v) is 10.4. The molecule has 0 spiro atoms. The summed E-state index contributed by atoms with van der Waals surface area (Å²) in [6.45, 7) is 5.42. The number of likely N-dealkylation sites (tertiary alicyclic amines) is 1. The number of piperidine rings is 1. The van der Waals surface area contributed by atoms with E-state index in [1.165, 1.54) is 24.8 Å². The van der Waals surface area contributed by atoms with Crippen molar-refractivity contribution in [2.24, 2.45) is 0 Å². The highest BCUT2D eigenvalue weighted by atomic mass is 16.5. The van der Waals surface area contributed by atoms with E-state index < -0.39 is 0 Å². The summed E-state index contributed by atoms with van der Waals surface area (Å²) >= 11 is 0. The summed E-state index contributed by atoms with van der Waals surface area (Å²) in [5.41, 5.74) is 1.19. The predicted octanol–water partition coefficient (Wildman–Crippen LogP) is 0.994. The van der Waals surface area contributed by atoms with Gasteiger partial charge in [0.05, 0.1) is 26.3 Å². The molecule has 2 rings (SSSR count). The Morgan fingerprint density at radius 3 is 2.68 bits per heavy atom. The average molecular weight is 395 g/mol. The van der Waals surface area contributed by atoms with Gasteiger partial charge in [0.25, 0.3) is 0 Å². The van der Waals surface area contributed by atoms with Crippen LogP contribution in [0.5, 0.6) is 5.75 Å². The van der Waals surface area contributed by atoms with Crippen LogP contribution in [0.3, 0.4) is 0 Å². The quantitative estimate of drug-likeness (QED) is 0.296. The maximum Gasteiger partial charge on any atom is 0.221 e. The number of hydrogen-bond acceptors (Lipinski definition) is 5. The van der Waals surface area contributed by atoms with Gasteiger partial charge in [-0.3, -0.25) is 9.28 Å². The summed E-state index contributed by atoms with van der Waals surface area (Å²) in [5.74, 6) is 0.845. The molecular formula is C21H36N3O4+. The maximum atomic E-state index is 11.7. The molecule has 1 amide bonds. The molecule has 0 radical (unpaired) electrons. The van der Waals surface area contributed by atoms with E-state index in [9.17, 15) is 9.90 Å². The van der Waals surface area contributed by atoms with Crippen LogP contribution in [-0.2, 0) is 11.3 Å². The molecule has 1 aliphatic rings. The largest absolute Gasteiger partial charge is 0.494 e. The van der Waals surface area contributed by atoms with Crippen LogP contribution in [-0.4, -0.2) is 73.3 Å². The van der Waals surface area contributed by atoms with Crippen LogP contribution in [0.25, 0.3) is 0 Å². The van der Waals surface area contributed by atoms with Crippen molar-refractivity contribution in [1.82, 2.24) is 10.6 Å². The SMILES string of the molecule is O=C(CCNCCO)NCCCOc1cccc(C[N+]2(CO)CCCCC2)c1. The van der Waals surface area contributed by atoms with Crippen molar-refractivity contribution in [3.8, 4) is 5.75 Å². The zero-order valence-electron chi connectivity index (χ0n) is 16.9. The summed E-state index contributed by atoms with van der Waals surface area (Å²) in [5, 5.41) is 24.4. The zero-order chi connectivity index (χ0) is 20.1. The number of benzene rings is 1. The molecule has 1 fully saturated rings. The fraction of sp³-hybridized carbons (Fsp3) is 0.667. The molecule has 7 heteroatoms. The lowest BCUT2D eigenvalue weighted by Crippen LogP contribution is -2.51. The molecule has 0 saturated carbocycles. The minimum absolute atomic E-state index is 0.00647. The van der Waals surface area contributed by atoms with E-state index in [-0.39, 0.29) is 19.2 Å². The second-order valence-corrected chi connectivity index (χ2v) is 7.57. The molecule has 1 heterocycles. The van der Waals surface area contributed by atoms with Gasteiger partial charge < -0.3 is 25.6 Å². The third-order valence-corrected chi connectivity index (χ3v) is 5.21. The Morgan fingerprint density at radius 1 is 1.11 bits per heavy atom. The van der Waals surface area contributed by atoms with E-state index in [1.807, 2.05) is 12.1 Å². The van der Waals surface area contributed by atoms with E-state index in [1.54, 1.807) is 0 Å². The Labute approximate surface area is 168 Å². The second-order valence-electron chi connectivity index (χ2n) is 7.57. The van der Waals surface area contributed by atoms with Crippen LogP contribution in [0.4, 0.5) is 0 Å². The number of carbonyl (C=O) groups excluding carboxylic acids is 1. The number of aliphatic hydroxyl groups excluding tert-OH is 2. The summed E-state index contributed by atoms with van der Waals surface area (Å²) < 4.78 is 6.59. The van der Waals surface area contributed by atoms with Crippen LogP contribution in [0.15, 0.2) is 24.3 Å². The molecule has 0 unspecified atom stereocenters. The number of quaternary nitrogens is 1. The standard InChI is InChI=1S/C21H35N3O4/c25-14-11-22-10-8-21(27)23-9-5-15-28-20-7-4-6-19(16-20)17-24(18-26)12-2-1-3-13-24/h4,6-7,16,22,25-26H,1-3,5,8-15,17-18H2/p+1. The van der Waals surface area contributed by atoms with Crippen molar-refractivity contribution in [2.75, 3.05) is 52.7 Å². The Morgan fingerprint density at radius 2 is 1.93 bits per heavy atom. The first-order valence-electron chi connectivity index (χ1n) is 10.4. The number of nitrogens with zero attached hydrogens (tertiary/aromatic N) is 1. The van der Waals surface area contributed by atoms with Gasteiger partial charge in [-0.2, -0.15) is 0 Å². The number of aliphatic hydroxyl groups is 2. The third kappa shape index (κ3) is 8.14. The predicted molar refractivity (Wildman–Crippen MR) is 109 cm³/mol. The van der Waals surface area contributed by atoms with Gasteiger partial charge in [0.1, 0.15) is 12.3 Å². The smallest absolute Gasteiger partial charge is 0.221 e. The highest BCUT2D eigenvalue weighted by Crippen LogP contribution is 2.23. The van der Waals surface area contributed by atoms with E-state index in [4.69, 9.17) is 9.84 Å². The number of hydrogen-bond donors (Lipinski definition) is 4. The van der Waals surface area contributed by atoms with E-state index in [0.717, 1.165) is 36.3 Å². The fourth-order valence-electron chi connectivity index (χ4n) is 3.64. The molecule has 158 valence electrons. The van der Waals surface area contributed by atoms with Crippen molar-refractivity contribution in [1.29, 1.82) is 0 Å². The molecule has 4 N–H and O–H groups in total. The van der Waals surface area contributed by atoms with Gasteiger partial charge in [-0.05, 0) is 37.8 Å². The van der Waals surface area contributed by atoms with Crippen LogP contribution in [0, 0.1) is 0 Å². The maximum absolute atomic E-state index is 11.7. The number of carbonyl (C=O) groups is 1. The lowest BCUT2D eigenvalue weighted by Gasteiger charge is -2.39. The monoisotopic (exact) mass is 394 g/mol. The summed E-state index contributed by atoms with van der Waals surface area (Å²) in [4.78, 5) is 11.7. The van der Waals surface area contributed by atoms with Crippen LogP contribution < -0.4 is 15.4 Å². The van der Waals surface area contributed by atoms with Gasteiger partial charge in [-0.25, -0.2) is 0 Å². The molecule has 7 nitrogen and oxygen atoms in total. The first-order chi connectivity index (χ1) is 13.7. The van der Waals surface area contributed by atoms with Crippen LogP contribution in [0.1, 0.15) is 37.7 Å². The molecule has 0 bridgehead atoms. The van der Waals surface area contributed by atoms with Gasteiger partial charge in [-0.1, -0.05) is 12.1 Å². The van der Waals surface area contributed by atoms with Crippen molar-refractivity contribution in [2.45, 2.75) is 38.6 Å². The molecule has 1 aliphatic heterocycles. The Kier molecular flexibility index (Phi) is 10.3. The fourth-order valence-corrected chi connectivity index (χ4v) is 3.64. The molecule has 1 aromatic rings. The average Bonchev–Trinajstić information content (AvgIpc) is 2.72. The minimum Gasteiger partial charge on any atom is -0.494 e. The lowest BCUT2D eigenvalue weighted by molar-refractivity contribution is -0.961. The van der Waals surface area contributed by atoms with Crippen molar-refractivity contribution in [3.05, 3.63) is 29.8 Å². The summed E-state index contributed by atoms with van der Waals surface area (Å²) in [7, 11) is 0. The number of nitrogens with one attached hydrogen (secondary N) is 2. The third-order valence-electron chi connectivity index (χ3n) is 5.21. The van der Waals surface area contributed by atoms with Crippen molar-refractivity contribution < 1.29 is 24.2 Å². The summed E-state index contributed by atoms with van der Waals surface area (Å²) in [6.07, 6.45) is 4.78. The number of ether oxygens (including phenoxy) is 1. The molecular weight excluding hydrogens is 358 g/mol. The van der Waals surface area contributed by atoms with Crippen molar-refractivity contribution >= 4 is 5.91 Å². The normalized spacial score (nSPS) is 15.9. The number of amides is 1. The Balaban J connectivity index is 1.66. The second kappa shape index (κ2) is 12.7. The summed E-state index contributed by atoms with van der Waals surface area (Å²) in [6, 6.07) is 8.12. The van der Waals surface area contributed by atoms with Crippen LogP contribution in [0.2, 0.25) is 0 Å². The van der Waals surface area contributed by atoms with Gasteiger partial charge in [0.15, 0.2) is 6.73 Å². The lowest BCUT2D eigenvalue weighted by atomic mass is 10.1. The van der Waals surface area contributed by atoms with Gasteiger partial charge in [-0.15, -0.1) is 0 Å². The minimum atomic E-state index is 0.00647. The Hall–Kier alpha value is -1.67. The highest BCUT2D eigenvalue weighted by Gasteiger charge is 2.29. The molecule has 28 heavy (non-hydrogen) atoms. The van der Waals surface area contributed by atoms with Crippen molar-refractivity contribution in [3.63, 3.8) is 0 Å². The van der Waals surface area contributed by atoms with E-state index in [0.29, 0.717) is 32.7 Å². The molecule has 0 aliphatic carbocycles. The van der Waals surface area contributed by atoms with Gasteiger partial charge in [0, 0.05) is 31.6 Å². The first kappa shape index (κ1) is 22.6. The highest BCUT2D eigenvalue weighted by molar-refractivity contribution is 5.75. The van der Waals surface area contributed by atoms with Gasteiger partial charge in [0.2, 0.25) is 5.91 Å². The molecule has 1 saturated heterocycles. The molecule has 0 aromatic heterocycles. The van der Waals surface area contributed by atoms with E-state index in [2.05, 4.69) is 22.8 Å². The molecule has 1 aromatic carbocycles. The van der Waals surface area contributed by atoms with E-state index >= 15 is 0 Å². The van der Waals surface area contributed by atoms with Gasteiger partial charge >= 0.3 is 0 Å². The molecule has 0 atom stereocenters. The zero-order valence-corrected chi connectivity index (χ0v) is 16.9. The number of rotatable bonds is 13.